The molecule has 0 bridgehead atoms. The van der Waals surface area contributed by atoms with Crippen LogP contribution in [0.2, 0.25) is 0 Å². The van der Waals surface area contributed by atoms with Crippen molar-refractivity contribution < 1.29 is 0 Å². The van der Waals surface area contributed by atoms with Crippen LogP contribution in [0.5, 0.6) is 0 Å². The van der Waals surface area contributed by atoms with Crippen LogP contribution in [0.4, 0.5) is 0 Å². The molecule has 60 valence electrons. The van der Waals surface area contributed by atoms with Gasteiger partial charge in [0.2, 0.25) is 0 Å². The quantitative estimate of drug-likeness (QED) is 0.691. The summed E-state index contributed by atoms with van der Waals surface area (Å²) in [7, 11) is 0. The van der Waals surface area contributed by atoms with Crippen molar-refractivity contribution in [3.63, 3.8) is 0 Å². The second kappa shape index (κ2) is 2.77. The first-order valence-corrected chi connectivity index (χ1v) is 3.82. The van der Waals surface area contributed by atoms with Crippen molar-refractivity contribution in [2.24, 2.45) is 0 Å². The Balaban J connectivity index is 2.73. The third kappa shape index (κ3) is 0.993. The standard InChI is InChI=1S/C9H9N3/c1-2-3-8-7-4-5-10-9(7)12-6-11-8/h2-6H,1H3,(H,10,11,12)/b3-2+. The summed E-state index contributed by atoms with van der Waals surface area (Å²) in [6, 6.07) is 1.98. The lowest BCUT2D eigenvalue weighted by Crippen LogP contribution is -1.84. The van der Waals surface area contributed by atoms with Gasteiger partial charge in [-0.2, -0.15) is 0 Å². The first-order chi connectivity index (χ1) is 5.92. The van der Waals surface area contributed by atoms with E-state index in [0.717, 1.165) is 16.7 Å². The maximum absolute atomic E-state index is 4.15. The highest BCUT2D eigenvalue weighted by molar-refractivity contribution is 5.83. The maximum atomic E-state index is 4.15. The molecule has 0 aliphatic carbocycles. The predicted molar refractivity (Wildman–Crippen MR) is 48.6 cm³/mol. The van der Waals surface area contributed by atoms with Crippen LogP contribution in [0.1, 0.15) is 12.6 Å². The molecule has 0 aromatic carbocycles. The van der Waals surface area contributed by atoms with Crippen molar-refractivity contribution in [1.82, 2.24) is 15.0 Å². The fourth-order valence-corrected chi connectivity index (χ4v) is 1.18. The zero-order valence-corrected chi connectivity index (χ0v) is 6.78. The summed E-state index contributed by atoms with van der Waals surface area (Å²) in [6.45, 7) is 1.97. The van der Waals surface area contributed by atoms with E-state index in [0.29, 0.717) is 0 Å². The van der Waals surface area contributed by atoms with Gasteiger partial charge in [0.15, 0.2) is 0 Å². The molecule has 0 saturated heterocycles. The van der Waals surface area contributed by atoms with Crippen molar-refractivity contribution in [3.8, 4) is 0 Å². The smallest absolute Gasteiger partial charge is 0.141 e. The van der Waals surface area contributed by atoms with Gasteiger partial charge in [0.1, 0.15) is 12.0 Å². The number of aromatic amines is 1. The van der Waals surface area contributed by atoms with E-state index in [-0.39, 0.29) is 0 Å². The Kier molecular flexibility index (Phi) is 1.63. The monoisotopic (exact) mass is 159 g/mol. The lowest BCUT2D eigenvalue weighted by molar-refractivity contribution is 1.19. The van der Waals surface area contributed by atoms with Gasteiger partial charge in [-0.1, -0.05) is 6.08 Å². The number of rotatable bonds is 1. The van der Waals surface area contributed by atoms with E-state index < -0.39 is 0 Å². The van der Waals surface area contributed by atoms with Crippen LogP contribution in [0, 0.1) is 0 Å². The molecule has 2 rings (SSSR count). The third-order valence-electron chi connectivity index (χ3n) is 1.71. The zero-order chi connectivity index (χ0) is 8.39. The van der Waals surface area contributed by atoms with E-state index >= 15 is 0 Å². The van der Waals surface area contributed by atoms with Crippen LogP contribution in [0.25, 0.3) is 17.1 Å². The molecular weight excluding hydrogens is 150 g/mol. The topological polar surface area (TPSA) is 41.6 Å². The summed E-state index contributed by atoms with van der Waals surface area (Å²) in [5, 5.41) is 1.07. The molecule has 0 atom stereocenters. The fraction of sp³-hybridized carbons (Fsp3) is 0.111. The van der Waals surface area contributed by atoms with Crippen molar-refractivity contribution in [2.45, 2.75) is 6.92 Å². The Morgan fingerprint density at radius 3 is 3.17 bits per heavy atom. The van der Waals surface area contributed by atoms with Gasteiger partial charge in [-0.05, 0) is 19.1 Å². The molecule has 12 heavy (non-hydrogen) atoms. The molecule has 3 nitrogen and oxygen atoms in total. The highest BCUT2D eigenvalue weighted by Crippen LogP contribution is 2.13. The van der Waals surface area contributed by atoms with Crippen LogP contribution in [0.15, 0.2) is 24.7 Å². The van der Waals surface area contributed by atoms with Crippen LogP contribution in [0.3, 0.4) is 0 Å². The summed E-state index contributed by atoms with van der Waals surface area (Å²) in [5.74, 6) is 0. The van der Waals surface area contributed by atoms with Gasteiger partial charge in [0.25, 0.3) is 0 Å². The van der Waals surface area contributed by atoms with Gasteiger partial charge in [-0.25, -0.2) is 9.97 Å². The summed E-state index contributed by atoms with van der Waals surface area (Å²) in [5.41, 5.74) is 1.85. The Bertz CT molecular complexity index is 414. The van der Waals surface area contributed by atoms with E-state index in [4.69, 9.17) is 0 Å². The average Bonchev–Trinajstić information content (AvgIpc) is 2.53. The molecule has 0 aliphatic rings. The number of hydrogen-bond donors (Lipinski definition) is 1. The minimum Gasteiger partial charge on any atom is -0.346 e. The molecular formula is C9H9N3. The Labute approximate surface area is 70.2 Å². The summed E-state index contributed by atoms with van der Waals surface area (Å²) in [4.78, 5) is 11.3. The number of allylic oxidation sites excluding steroid dienone is 1. The highest BCUT2D eigenvalue weighted by Gasteiger charge is 1.99. The minimum absolute atomic E-state index is 0.887. The van der Waals surface area contributed by atoms with E-state index in [1.165, 1.54) is 0 Å². The van der Waals surface area contributed by atoms with Crippen LogP contribution in [-0.4, -0.2) is 15.0 Å². The molecule has 0 aliphatic heterocycles. The molecule has 0 radical (unpaired) electrons. The molecule has 0 amide bonds. The largest absolute Gasteiger partial charge is 0.346 e. The molecule has 3 heteroatoms. The molecule has 1 N–H and O–H groups in total. The van der Waals surface area contributed by atoms with E-state index in [1.54, 1.807) is 6.33 Å². The molecule has 0 unspecified atom stereocenters. The lowest BCUT2D eigenvalue weighted by atomic mass is 10.2. The van der Waals surface area contributed by atoms with Crippen molar-refractivity contribution >= 4 is 17.1 Å². The SMILES string of the molecule is C/C=C/c1ncnc2[nH]ccc12. The minimum atomic E-state index is 0.887. The predicted octanol–water partition coefficient (Wildman–Crippen LogP) is 1.99. The van der Waals surface area contributed by atoms with Gasteiger partial charge >= 0.3 is 0 Å². The second-order valence-corrected chi connectivity index (χ2v) is 2.50. The van der Waals surface area contributed by atoms with Gasteiger partial charge in [-0.3, -0.25) is 0 Å². The third-order valence-corrected chi connectivity index (χ3v) is 1.71. The number of H-pyrrole nitrogens is 1. The van der Waals surface area contributed by atoms with Crippen LogP contribution >= 0.6 is 0 Å². The average molecular weight is 159 g/mol. The number of hydrogen-bond acceptors (Lipinski definition) is 2. The van der Waals surface area contributed by atoms with Crippen LogP contribution < -0.4 is 0 Å². The fourth-order valence-electron chi connectivity index (χ4n) is 1.18. The first-order valence-electron chi connectivity index (χ1n) is 3.82. The lowest BCUT2D eigenvalue weighted by Gasteiger charge is -1.92. The Morgan fingerprint density at radius 2 is 2.33 bits per heavy atom. The van der Waals surface area contributed by atoms with E-state index in [1.807, 2.05) is 31.3 Å². The van der Waals surface area contributed by atoms with Gasteiger partial charge in [0, 0.05) is 11.6 Å². The molecule has 0 spiro atoms. The molecule has 0 saturated carbocycles. The van der Waals surface area contributed by atoms with E-state index in [9.17, 15) is 0 Å². The Morgan fingerprint density at radius 1 is 1.42 bits per heavy atom. The zero-order valence-electron chi connectivity index (χ0n) is 6.78. The van der Waals surface area contributed by atoms with Crippen molar-refractivity contribution in [1.29, 1.82) is 0 Å². The maximum Gasteiger partial charge on any atom is 0.141 e. The van der Waals surface area contributed by atoms with Gasteiger partial charge < -0.3 is 4.98 Å². The number of aromatic nitrogens is 3. The first kappa shape index (κ1) is 7.03. The van der Waals surface area contributed by atoms with Gasteiger partial charge in [0.05, 0.1) is 5.69 Å². The van der Waals surface area contributed by atoms with E-state index in [2.05, 4.69) is 15.0 Å². The van der Waals surface area contributed by atoms with Gasteiger partial charge in [-0.15, -0.1) is 0 Å². The molecule has 2 aromatic rings. The van der Waals surface area contributed by atoms with Crippen molar-refractivity contribution in [3.05, 3.63) is 30.4 Å². The number of nitrogens with one attached hydrogen (secondary N) is 1. The normalized spacial score (nSPS) is 11.4. The second-order valence-electron chi connectivity index (χ2n) is 2.50. The van der Waals surface area contributed by atoms with Crippen molar-refractivity contribution in [2.75, 3.05) is 0 Å². The molecule has 0 fully saturated rings. The summed E-state index contributed by atoms with van der Waals surface area (Å²) >= 11 is 0. The Hall–Kier alpha value is -1.64. The number of fused-ring (bicyclic) bond motifs is 1. The van der Waals surface area contributed by atoms with Crippen LogP contribution in [-0.2, 0) is 0 Å². The molecule has 2 heterocycles. The summed E-state index contributed by atoms with van der Waals surface area (Å²) in [6.07, 6.45) is 7.37. The molecule has 2 aromatic heterocycles. The number of nitrogens with zero attached hydrogens (tertiary/aromatic N) is 2. The highest BCUT2D eigenvalue weighted by atomic mass is 14.9. The summed E-state index contributed by atoms with van der Waals surface area (Å²) < 4.78 is 0.